The van der Waals surface area contributed by atoms with Gasteiger partial charge in [-0.3, -0.25) is 97.5 Å². The summed E-state index contributed by atoms with van der Waals surface area (Å²) in [5.74, 6) is -0.825. The van der Waals surface area contributed by atoms with E-state index in [-0.39, 0.29) is 69.3 Å². The van der Waals surface area contributed by atoms with E-state index in [0.717, 1.165) is 54.2 Å². The molecule has 15 heterocycles. The highest BCUT2D eigenvalue weighted by molar-refractivity contribution is 7.48. The van der Waals surface area contributed by atoms with Gasteiger partial charge < -0.3 is 97.3 Å². The van der Waals surface area contributed by atoms with Gasteiger partial charge in [0.25, 0.3) is 16.7 Å². The van der Waals surface area contributed by atoms with Crippen LogP contribution < -0.4 is 68.1 Å². The van der Waals surface area contributed by atoms with Crippen LogP contribution in [-0.4, -0.2) is 235 Å². The summed E-state index contributed by atoms with van der Waals surface area (Å²) < 4.78 is 186. The van der Waals surface area contributed by atoms with Crippen molar-refractivity contribution < 1.29 is 140 Å². The van der Waals surface area contributed by atoms with Crippen LogP contribution in [-0.2, 0) is 106 Å². The van der Waals surface area contributed by atoms with Gasteiger partial charge in [0.05, 0.1) is 64.0 Å². The lowest BCUT2D eigenvalue weighted by Gasteiger charge is -2.25. The predicted molar refractivity (Wildman–Crippen MR) is 410 cm³/mol. The number of phosphoric acid groups is 5. The molecule has 22 N–H and O–H groups in total. The van der Waals surface area contributed by atoms with E-state index in [9.17, 15) is 90.6 Å². The van der Waals surface area contributed by atoms with E-state index >= 15 is 0 Å². The van der Waals surface area contributed by atoms with Crippen molar-refractivity contribution in [1.82, 2.24) is 87.2 Å². The van der Waals surface area contributed by atoms with E-state index in [1.807, 2.05) is 0 Å². The molecule has 6 saturated heterocycles. The van der Waals surface area contributed by atoms with E-state index in [4.69, 9.17) is 114 Å². The van der Waals surface area contributed by atoms with Gasteiger partial charge in [0.2, 0.25) is 17.8 Å². The van der Waals surface area contributed by atoms with Crippen molar-refractivity contribution in [2.75, 3.05) is 74.0 Å². The van der Waals surface area contributed by atoms with Gasteiger partial charge in [0, 0.05) is 55.3 Å². The number of anilines is 6. The molecule has 9 aromatic rings. The molecule has 5 unspecified atom stereocenters. The third-order valence-corrected chi connectivity index (χ3v) is 25.1. The van der Waals surface area contributed by atoms with Crippen molar-refractivity contribution in [3.63, 3.8) is 0 Å². The summed E-state index contributed by atoms with van der Waals surface area (Å²) in [4.78, 5) is 185. The van der Waals surface area contributed by atoms with Gasteiger partial charge in [-0.05, 0) is 18.2 Å². The molecule has 15 rings (SSSR count). The smallest absolute Gasteiger partial charge is 0.390 e. The number of terminal acetylenes is 1. The predicted octanol–water partition coefficient (Wildman–Crippen LogP) is -3.23. The van der Waals surface area contributed by atoms with Crippen molar-refractivity contribution in [1.29, 1.82) is 0 Å². The van der Waals surface area contributed by atoms with E-state index in [1.165, 1.54) is 29.0 Å². The highest BCUT2D eigenvalue weighted by atomic mass is 31.2. The fraction of sp³-hybridized carbons (Fsp3) is 0.508. The molecule has 0 saturated carbocycles. The van der Waals surface area contributed by atoms with Gasteiger partial charge in [0.15, 0.2) is 39.7 Å². The van der Waals surface area contributed by atoms with E-state index < -0.39 is 269 Å². The number of fused-ring (bicyclic) bond motifs is 3. The molecule has 24 atom stereocenters. The number of ether oxygens (including phenoxy) is 6. The molecule has 0 aromatic carbocycles. The summed E-state index contributed by atoms with van der Waals surface area (Å²) >= 11 is 0. The third kappa shape index (κ3) is 20.5. The summed E-state index contributed by atoms with van der Waals surface area (Å²) in [6.45, 7) is -6.10. The number of nitrogen functional groups attached to an aromatic ring is 6. The summed E-state index contributed by atoms with van der Waals surface area (Å²) in [5.41, 5.74) is 28.0. The monoisotopic (exact) mass is 1880 g/mol. The Hall–Kier alpha value is -9.66. The molecule has 6 aliphatic heterocycles. The summed E-state index contributed by atoms with van der Waals surface area (Å²) in [6, 6.07) is 3.67. The number of rotatable bonds is 34. The molecular formula is C59H73N24O36P6+. The Morgan fingerprint density at radius 2 is 0.776 bits per heavy atom. The molecule has 6 aliphatic rings. The van der Waals surface area contributed by atoms with E-state index in [1.54, 1.807) is 0 Å². The number of imidazole rings is 3. The van der Waals surface area contributed by atoms with Crippen molar-refractivity contribution in [3.8, 4) is 12.3 Å². The normalized spacial score (nSPS) is 29.2. The first-order valence-electron chi connectivity index (χ1n) is 36.5. The lowest BCUT2D eigenvalue weighted by molar-refractivity contribution is -0.0629. The number of aliphatic hydroxyl groups excluding tert-OH is 1. The highest BCUT2D eigenvalue weighted by Crippen LogP contribution is 2.56. The molecule has 0 amide bonds. The molecule has 674 valence electrons. The Morgan fingerprint density at radius 3 is 1.17 bits per heavy atom. The van der Waals surface area contributed by atoms with E-state index in [0.29, 0.717) is 0 Å². The maximum Gasteiger partial charge on any atom is 0.697 e. The summed E-state index contributed by atoms with van der Waals surface area (Å²) in [6.07, 6.45) is -17.8. The number of phosphoric ester groups is 5. The zero-order chi connectivity index (χ0) is 89.3. The number of aromatic nitrogens is 18. The number of aromatic amines is 3. The largest absolute Gasteiger partial charge is 0.697 e. The van der Waals surface area contributed by atoms with Crippen LogP contribution >= 0.6 is 47.4 Å². The average Bonchev–Trinajstić information content (AvgIpc) is 1.61. The number of nitrogens with one attached hydrogen (secondary N) is 3. The lowest BCUT2D eigenvalue weighted by Crippen LogP contribution is -2.33. The Labute approximate surface area is 694 Å². The average molecular weight is 1880 g/mol. The first-order chi connectivity index (χ1) is 59.1. The number of hydrogen-bond acceptors (Lipinski definition) is 45. The van der Waals surface area contributed by atoms with Crippen LogP contribution in [0, 0.1) is 18.3 Å². The minimum Gasteiger partial charge on any atom is -0.390 e. The van der Waals surface area contributed by atoms with Crippen molar-refractivity contribution in [3.05, 3.63) is 118 Å². The fourth-order valence-electron chi connectivity index (χ4n) is 14.3. The number of nitrogens with two attached hydrogens (primary N) is 6. The molecular weight excluding hydrogens is 1810 g/mol. The first kappa shape index (κ1) is 90.1. The second kappa shape index (κ2) is 35.9. The Balaban J connectivity index is 0.638. The van der Waals surface area contributed by atoms with Crippen molar-refractivity contribution >= 4 is 116 Å². The Bertz CT molecular complexity index is 6300. The van der Waals surface area contributed by atoms with Crippen LogP contribution in [0.25, 0.3) is 33.5 Å². The first-order valence-corrected chi connectivity index (χ1v) is 45.1. The zero-order valence-corrected chi connectivity index (χ0v) is 68.7. The lowest BCUT2D eigenvalue weighted by atomic mass is 10.0. The van der Waals surface area contributed by atoms with Gasteiger partial charge in [-0.25, -0.2) is 52.2 Å². The molecule has 0 spiro atoms. The summed E-state index contributed by atoms with van der Waals surface area (Å²) in [5, 5.41) is 10.9. The Kier molecular flexibility index (Phi) is 25.9. The molecule has 125 heavy (non-hydrogen) atoms. The van der Waals surface area contributed by atoms with Crippen molar-refractivity contribution in [2.45, 2.75) is 143 Å². The third-order valence-electron chi connectivity index (χ3n) is 19.8. The molecule has 60 nitrogen and oxygen atoms in total. The zero-order valence-electron chi connectivity index (χ0n) is 63.3. The molecule has 66 heteroatoms. The number of hydrogen-bond donors (Lipinski definition) is 16. The van der Waals surface area contributed by atoms with Gasteiger partial charge in [-0.2, -0.15) is 29.9 Å². The fourth-order valence-corrected chi connectivity index (χ4v) is 19.2. The van der Waals surface area contributed by atoms with Crippen LogP contribution in [0.4, 0.5) is 35.3 Å². The van der Waals surface area contributed by atoms with Gasteiger partial charge >= 0.3 is 64.4 Å². The SMILES string of the molecule is C#C[C@H]1[C@H](OP(=O)(O)OC[C@H]2O[C@@H](n3ccc(N)nc3=O)C[C@@H]2O)[C@@H](CO[P+](=O)O[C@H]2C[C@H](n3ccc(N)nc3=O)O[C@@H]2COP(=O)(O)O[C@H]2C[C@H](n3cnc4c(=O)[nH]c(N)nc43)O[C@@H]2COP(=O)(O)O[C@H]2C[C@H](n3ccc(N)nc3=O)O[C@@H]2COP(=O)(O)O[C@H]2C[C@H](n3cnc4c(=O)[nH]c(N)nc43)O[C@@H]2COP(=O)(O)O)O[C@H]1n1cnc2c(=O)[nH]c(N)nc21. The number of nitrogens with zero attached hydrogens (tertiary/aromatic N) is 15. The molecule has 0 bridgehead atoms. The van der Waals surface area contributed by atoms with Crippen LogP contribution in [0.3, 0.4) is 0 Å². The van der Waals surface area contributed by atoms with Gasteiger partial charge in [-0.1, -0.05) is 5.92 Å². The topological polar surface area (TPSA) is 852 Å². The quantitative estimate of drug-likeness (QED) is 0.0139. The number of aliphatic hydroxyl groups is 1. The van der Waals surface area contributed by atoms with Crippen LogP contribution in [0.1, 0.15) is 69.5 Å². The van der Waals surface area contributed by atoms with Crippen LogP contribution in [0.5, 0.6) is 0 Å². The van der Waals surface area contributed by atoms with Crippen molar-refractivity contribution in [2.24, 2.45) is 5.92 Å². The van der Waals surface area contributed by atoms with Gasteiger partial charge in [0.1, 0.15) is 122 Å². The minimum absolute atomic E-state index is 0.106. The summed E-state index contributed by atoms with van der Waals surface area (Å²) in [7, 11) is -31.0. The van der Waals surface area contributed by atoms with E-state index in [2.05, 4.69) is 70.3 Å². The second-order valence-corrected chi connectivity index (χ2v) is 35.9. The highest BCUT2D eigenvalue weighted by Gasteiger charge is 2.54. The van der Waals surface area contributed by atoms with Crippen LogP contribution in [0.2, 0.25) is 0 Å². The molecule has 0 aliphatic carbocycles. The van der Waals surface area contributed by atoms with Gasteiger partial charge in [-0.15, -0.1) is 15.5 Å². The van der Waals surface area contributed by atoms with Crippen LogP contribution in [0.15, 0.2) is 84.5 Å². The number of H-pyrrole nitrogens is 3. The Morgan fingerprint density at radius 1 is 0.440 bits per heavy atom. The molecule has 9 aromatic heterocycles. The minimum atomic E-state index is -5.65. The maximum absolute atomic E-state index is 14.5. The maximum atomic E-state index is 14.5. The second-order valence-electron chi connectivity index (χ2n) is 28.1. The molecule has 0 radical (unpaired) electrons. The molecule has 6 fully saturated rings. The standard InChI is InChI=1S/C59H72N24O36P6/c1-2-23-46(119-125(101,102)105-15-29-24(84)9-38(109-29)78-6-3-35(60)69-57(78)88)34(114-53(23)83-22-68-45-49(83)74-56(65)77-52(45)87)14-103-120(91)115-25-10-39(79-7-4-36(61)70-58(79)89)110-30(25)17-106-122(95,96)118-28-13-42(82-21-67-44-48(82)73-55(64)76-51(44)86)113-33(28)19-108-123(97,98)116-26-11-40(80-8-5-37(62)71-59(80)90)111-32(26)18-107-124(99,100)117-27-12-41(112-31(27)16-104-121(92,93)94)81-20-66-43-47(81)72-54(63)75-50(43)85/h1,3-8,20-34,38-42,46,53,84H,9-19H2,(H20-,60,61,62,63,64,65,69,70,71,72,73,74,75,76,77,85,86,87,88,89,90,92,93,94,95,96,97,98,99,100,101,102)/p+1/t23-,24-,25-,26-,27-,28-,29+,30+,31+,32+,33+,34+,38+,39+,40+,41+,42+,46-,53+/m0/s1.